The molecule has 0 spiro atoms. The largest absolute Gasteiger partial charge is 0.455 e. The fraction of sp³-hybridized carbons (Fsp3) is 0. The lowest BCUT2D eigenvalue weighted by Gasteiger charge is -2.12. The van der Waals surface area contributed by atoms with E-state index in [1.165, 1.54) is 31.8 Å². The van der Waals surface area contributed by atoms with E-state index in [2.05, 4.69) is 152 Å². The van der Waals surface area contributed by atoms with Gasteiger partial charge in [0, 0.05) is 42.1 Å². The van der Waals surface area contributed by atoms with Gasteiger partial charge in [0.15, 0.2) is 17.5 Å². The minimum atomic E-state index is 0.581. The predicted molar refractivity (Wildman–Crippen MR) is 217 cm³/mol. The fourth-order valence-corrected chi connectivity index (χ4v) is 8.89. The number of aromatic nitrogens is 3. The Morgan fingerprint density at radius 2 is 1.02 bits per heavy atom. The molecule has 0 atom stereocenters. The van der Waals surface area contributed by atoms with Gasteiger partial charge < -0.3 is 4.42 Å². The molecule has 0 radical (unpaired) electrons. The Balaban J connectivity index is 1.18. The van der Waals surface area contributed by atoms with Crippen LogP contribution in [-0.2, 0) is 0 Å². The number of furan rings is 1. The van der Waals surface area contributed by atoms with Crippen LogP contribution in [0, 0.1) is 0 Å². The number of hydrogen-bond donors (Lipinski definition) is 0. The normalized spacial score (nSPS) is 11.8. The lowest BCUT2D eigenvalue weighted by molar-refractivity contribution is 0.670. The Hall–Kier alpha value is -6.69. The molecule has 3 aromatic heterocycles. The second-order valence-electron chi connectivity index (χ2n) is 13.1. The van der Waals surface area contributed by atoms with Crippen LogP contribution in [0.5, 0.6) is 0 Å². The summed E-state index contributed by atoms with van der Waals surface area (Å²) < 4.78 is 9.04. The van der Waals surface area contributed by atoms with Gasteiger partial charge in [-0.25, -0.2) is 15.0 Å². The molecule has 11 aromatic rings. The van der Waals surface area contributed by atoms with Gasteiger partial charge in [0.1, 0.15) is 11.2 Å². The predicted octanol–water partition coefficient (Wildman–Crippen LogP) is 13.1. The Morgan fingerprint density at radius 1 is 0.404 bits per heavy atom. The van der Waals surface area contributed by atoms with Crippen LogP contribution in [0.3, 0.4) is 0 Å². The lowest BCUT2D eigenvalue weighted by Crippen LogP contribution is -2.01. The maximum Gasteiger partial charge on any atom is 0.168 e. The number of rotatable bonds is 4. The topological polar surface area (TPSA) is 51.8 Å². The van der Waals surface area contributed by atoms with Gasteiger partial charge in [-0.15, -0.1) is 11.3 Å². The van der Waals surface area contributed by atoms with Crippen molar-refractivity contribution in [2.45, 2.75) is 0 Å². The standard InChI is InChI=1S/C47H27N3OS/c1-3-14-32-28(11-1)13-9-18-33(32)29-23-25-30(26-24-29)45-48-46(38-20-10-19-37-36-17-6-8-22-41(36)52-44(37)38)50-47(49-45)42-34-15-4-2-12-31(34)27-39-35-16-5-7-21-40(35)51-43(39)42/h1-27H. The number of benzene rings is 8. The van der Waals surface area contributed by atoms with Crippen LogP contribution >= 0.6 is 11.3 Å². The maximum absolute atomic E-state index is 6.65. The average Bonchev–Trinajstić information content (AvgIpc) is 3.78. The Morgan fingerprint density at radius 3 is 1.90 bits per heavy atom. The zero-order valence-corrected chi connectivity index (χ0v) is 28.6. The molecule has 52 heavy (non-hydrogen) atoms. The van der Waals surface area contributed by atoms with Gasteiger partial charge in [-0.05, 0) is 56.9 Å². The molecule has 0 unspecified atom stereocenters. The molecule has 3 heterocycles. The fourth-order valence-electron chi connectivity index (χ4n) is 7.68. The van der Waals surface area contributed by atoms with E-state index >= 15 is 0 Å². The molecule has 0 N–H and O–H groups in total. The van der Waals surface area contributed by atoms with Crippen molar-refractivity contribution >= 4 is 75.0 Å². The average molecular weight is 682 g/mol. The molecule has 0 fully saturated rings. The first-order chi connectivity index (χ1) is 25.8. The van der Waals surface area contributed by atoms with Crippen molar-refractivity contribution in [3.05, 3.63) is 164 Å². The van der Waals surface area contributed by atoms with Gasteiger partial charge in [-0.3, -0.25) is 0 Å². The highest BCUT2D eigenvalue weighted by atomic mass is 32.1. The molecule has 0 aliphatic heterocycles. The van der Waals surface area contributed by atoms with Gasteiger partial charge in [0.2, 0.25) is 0 Å². The van der Waals surface area contributed by atoms with Crippen LogP contribution in [0.15, 0.2) is 168 Å². The molecule has 11 rings (SSSR count). The molecular weight excluding hydrogens is 655 g/mol. The Bertz CT molecular complexity index is 3190. The number of nitrogens with zero attached hydrogens (tertiary/aromatic N) is 3. The Labute approximate surface area is 302 Å². The summed E-state index contributed by atoms with van der Waals surface area (Å²) in [7, 11) is 0. The highest BCUT2D eigenvalue weighted by molar-refractivity contribution is 7.26. The summed E-state index contributed by atoms with van der Waals surface area (Å²) in [6, 6.07) is 57.4. The van der Waals surface area contributed by atoms with E-state index in [1.54, 1.807) is 11.3 Å². The molecule has 0 bridgehead atoms. The number of thiophene rings is 1. The monoisotopic (exact) mass is 681 g/mol. The molecule has 4 nitrogen and oxygen atoms in total. The van der Waals surface area contributed by atoms with Crippen molar-refractivity contribution in [3.8, 4) is 45.3 Å². The van der Waals surface area contributed by atoms with Crippen molar-refractivity contribution in [1.82, 2.24) is 15.0 Å². The maximum atomic E-state index is 6.65. The van der Waals surface area contributed by atoms with Crippen LogP contribution in [-0.4, -0.2) is 15.0 Å². The summed E-state index contributed by atoms with van der Waals surface area (Å²) in [6.07, 6.45) is 0. The summed E-state index contributed by atoms with van der Waals surface area (Å²) >= 11 is 1.78. The van der Waals surface area contributed by atoms with Crippen molar-refractivity contribution in [2.75, 3.05) is 0 Å². The van der Waals surface area contributed by atoms with Crippen molar-refractivity contribution in [2.24, 2.45) is 0 Å². The summed E-state index contributed by atoms with van der Waals surface area (Å²) in [4.78, 5) is 15.8. The minimum Gasteiger partial charge on any atom is -0.455 e. The molecule has 0 amide bonds. The Kier molecular flexibility index (Phi) is 6.39. The van der Waals surface area contributed by atoms with E-state index in [9.17, 15) is 0 Å². The van der Waals surface area contributed by atoms with E-state index in [-0.39, 0.29) is 0 Å². The van der Waals surface area contributed by atoms with Gasteiger partial charge in [-0.2, -0.15) is 0 Å². The highest BCUT2D eigenvalue weighted by Crippen LogP contribution is 2.43. The van der Waals surface area contributed by atoms with Crippen LogP contribution in [0.25, 0.3) is 109 Å². The number of fused-ring (bicyclic) bond motifs is 8. The van der Waals surface area contributed by atoms with Crippen LogP contribution in [0.4, 0.5) is 0 Å². The van der Waals surface area contributed by atoms with Gasteiger partial charge in [-0.1, -0.05) is 140 Å². The minimum absolute atomic E-state index is 0.581. The van der Waals surface area contributed by atoms with Crippen molar-refractivity contribution in [1.29, 1.82) is 0 Å². The molecule has 0 aliphatic carbocycles. The smallest absolute Gasteiger partial charge is 0.168 e. The molecular formula is C47H27N3OS. The van der Waals surface area contributed by atoms with E-state index in [4.69, 9.17) is 19.4 Å². The zero-order valence-electron chi connectivity index (χ0n) is 27.7. The van der Waals surface area contributed by atoms with Crippen LogP contribution < -0.4 is 0 Å². The van der Waals surface area contributed by atoms with E-state index in [0.29, 0.717) is 17.5 Å². The molecule has 242 valence electrons. The van der Waals surface area contributed by atoms with E-state index in [1.807, 2.05) is 12.1 Å². The molecule has 0 saturated carbocycles. The molecule has 0 saturated heterocycles. The van der Waals surface area contributed by atoms with Gasteiger partial charge >= 0.3 is 0 Å². The summed E-state index contributed by atoms with van der Waals surface area (Å²) in [5, 5.41) is 9.13. The van der Waals surface area contributed by atoms with Gasteiger partial charge in [0.05, 0.1) is 5.56 Å². The first-order valence-corrected chi connectivity index (χ1v) is 18.2. The van der Waals surface area contributed by atoms with Crippen LogP contribution in [0.1, 0.15) is 0 Å². The third-order valence-corrected chi connectivity index (χ3v) is 11.4. The number of hydrogen-bond acceptors (Lipinski definition) is 5. The molecule has 8 aromatic carbocycles. The lowest BCUT2D eigenvalue weighted by atomic mass is 9.97. The van der Waals surface area contributed by atoms with Crippen LogP contribution in [0.2, 0.25) is 0 Å². The third-order valence-electron chi connectivity index (χ3n) is 10.1. The SMILES string of the molecule is c1ccc2c(-c3ccc(-c4nc(-c5c6ccccc6cc6c5oc5ccccc56)nc(-c5cccc6c5sc5ccccc56)n4)cc3)cccc2c1. The number of para-hydroxylation sites is 1. The highest BCUT2D eigenvalue weighted by Gasteiger charge is 2.22. The van der Waals surface area contributed by atoms with Crippen molar-refractivity contribution < 1.29 is 4.42 Å². The molecule has 5 heteroatoms. The summed E-state index contributed by atoms with van der Waals surface area (Å²) in [6.45, 7) is 0. The summed E-state index contributed by atoms with van der Waals surface area (Å²) in [5.41, 5.74) is 6.71. The second kappa shape index (κ2) is 11.4. The third kappa shape index (κ3) is 4.50. The first-order valence-electron chi connectivity index (χ1n) is 17.4. The summed E-state index contributed by atoms with van der Waals surface area (Å²) in [5.74, 6) is 1.82. The van der Waals surface area contributed by atoms with Crippen molar-refractivity contribution in [3.63, 3.8) is 0 Å². The second-order valence-corrected chi connectivity index (χ2v) is 14.2. The van der Waals surface area contributed by atoms with Gasteiger partial charge in [0.25, 0.3) is 0 Å². The first kappa shape index (κ1) is 29.1. The zero-order chi connectivity index (χ0) is 34.2. The van der Waals surface area contributed by atoms with E-state index < -0.39 is 0 Å². The van der Waals surface area contributed by atoms with E-state index in [0.717, 1.165) is 59.7 Å². The quantitative estimate of drug-likeness (QED) is 0.185. The molecule has 0 aliphatic rings.